The van der Waals surface area contributed by atoms with Crippen molar-refractivity contribution in [2.75, 3.05) is 7.11 Å². The van der Waals surface area contributed by atoms with Gasteiger partial charge in [-0.2, -0.15) is 0 Å². The van der Waals surface area contributed by atoms with Crippen LogP contribution in [0.3, 0.4) is 0 Å². The zero-order valence-corrected chi connectivity index (χ0v) is 14.4. The van der Waals surface area contributed by atoms with Crippen molar-refractivity contribution in [1.82, 2.24) is 15.0 Å². The summed E-state index contributed by atoms with van der Waals surface area (Å²) >= 11 is 13.5. The van der Waals surface area contributed by atoms with Gasteiger partial charge in [0.2, 0.25) is 0 Å². The van der Waals surface area contributed by atoms with E-state index in [1.54, 1.807) is 31.6 Å². The van der Waals surface area contributed by atoms with E-state index in [1.807, 2.05) is 24.3 Å². The molecule has 2 aromatic heterocycles. The number of nitrogens with zero attached hydrogens (tertiary/aromatic N) is 3. The van der Waals surface area contributed by atoms with Crippen LogP contribution in [0.5, 0.6) is 5.75 Å². The van der Waals surface area contributed by atoms with Crippen molar-refractivity contribution in [2.45, 2.75) is 9.92 Å². The first-order chi connectivity index (χ1) is 11.2. The number of methoxy groups -OCH3 is 1. The molecule has 3 rings (SSSR count). The average molecular weight is 364 g/mol. The molecule has 0 bridgehead atoms. The Balaban J connectivity index is 2.00. The predicted molar refractivity (Wildman–Crippen MR) is 92.4 cm³/mol. The smallest absolute Gasteiger partial charge is 0.179 e. The van der Waals surface area contributed by atoms with Gasteiger partial charge >= 0.3 is 0 Å². The van der Waals surface area contributed by atoms with Crippen LogP contribution in [0, 0.1) is 0 Å². The molecule has 0 aliphatic heterocycles. The standard InChI is InChI=1S/C16H11Cl2N3OS/c1-22-13-9-20-15(12-4-2-3-7-19-12)21-16(13)23-14-6-5-10(17)8-11(14)18/h2-9H,1H3. The van der Waals surface area contributed by atoms with Crippen molar-refractivity contribution in [1.29, 1.82) is 0 Å². The number of halogens is 2. The van der Waals surface area contributed by atoms with Crippen molar-refractivity contribution in [3.05, 3.63) is 58.8 Å². The first kappa shape index (κ1) is 16.1. The monoisotopic (exact) mass is 363 g/mol. The molecule has 0 aliphatic carbocycles. The highest BCUT2D eigenvalue weighted by molar-refractivity contribution is 7.99. The minimum absolute atomic E-state index is 0.527. The van der Waals surface area contributed by atoms with E-state index in [0.717, 1.165) is 4.90 Å². The second kappa shape index (κ2) is 7.17. The summed E-state index contributed by atoms with van der Waals surface area (Å²) in [7, 11) is 1.58. The first-order valence-corrected chi connectivity index (χ1v) is 8.20. The van der Waals surface area contributed by atoms with Crippen LogP contribution in [0.2, 0.25) is 10.0 Å². The summed E-state index contributed by atoms with van der Waals surface area (Å²) in [5.74, 6) is 1.10. The lowest BCUT2D eigenvalue weighted by Gasteiger charge is -2.09. The summed E-state index contributed by atoms with van der Waals surface area (Å²) in [6.07, 6.45) is 3.33. The topological polar surface area (TPSA) is 47.9 Å². The Bertz CT molecular complexity index is 831. The van der Waals surface area contributed by atoms with E-state index in [-0.39, 0.29) is 0 Å². The van der Waals surface area contributed by atoms with Crippen LogP contribution < -0.4 is 4.74 Å². The summed E-state index contributed by atoms with van der Waals surface area (Å²) in [6, 6.07) is 10.9. The van der Waals surface area contributed by atoms with E-state index in [9.17, 15) is 0 Å². The van der Waals surface area contributed by atoms with E-state index in [0.29, 0.717) is 32.3 Å². The quantitative estimate of drug-likeness (QED) is 0.610. The van der Waals surface area contributed by atoms with Gasteiger partial charge in [-0.25, -0.2) is 9.97 Å². The lowest BCUT2D eigenvalue weighted by atomic mass is 10.3. The molecule has 0 saturated carbocycles. The van der Waals surface area contributed by atoms with Crippen molar-refractivity contribution in [2.24, 2.45) is 0 Å². The van der Waals surface area contributed by atoms with E-state index >= 15 is 0 Å². The van der Waals surface area contributed by atoms with Crippen LogP contribution in [0.25, 0.3) is 11.5 Å². The maximum absolute atomic E-state index is 6.23. The summed E-state index contributed by atoms with van der Waals surface area (Å²) in [4.78, 5) is 13.9. The Morgan fingerprint density at radius 2 is 1.96 bits per heavy atom. The number of ether oxygens (including phenoxy) is 1. The summed E-state index contributed by atoms with van der Waals surface area (Å²) in [6.45, 7) is 0. The molecule has 23 heavy (non-hydrogen) atoms. The molecule has 3 aromatic rings. The van der Waals surface area contributed by atoms with Gasteiger partial charge in [0.05, 0.1) is 18.3 Å². The molecule has 0 N–H and O–H groups in total. The van der Waals surface area contributed by atoms with Gasteiger partial charge in [0, 0.05) is 16.1 Å². The second-order valence-electron chi connectivity index (χ2n) is 4.46. The van der Waals surface area contributed by atoms with E-state index < -0.39 is 0 Å². The van der Waals surface area contributed by atoms with Gasteiger partial charge in [0.1, 0.15) is 10.7 Å². The molecule has 0 radical (unpaired) electrons. The minimum atomic E-state index is 0.527. The molecular weight excluding hydrogens is 353 g/mol. The molecule has 1 aromatic carbocycles. The van der Waals surface area contributed by atoms with Crippen molar-refractivity contribution in [3.63, 3.8) is 0 Å². The highest BCUT2D eigenvalue weighted by Crippen LogP contribution is 2.38. The average Bonchev–Trinajstić information content (AvgIpc) is 2.58. The number of aromatic nitrogens is 3. The van der Waals surface area contributed by atoms with E-state index in [2.05, 4.69) is 15.0 Å². The summed E-state index contributed by atoms with van der Waals surface area (Å²) in [5, 5.41) is 1.80. The van der Waals surface area contributed by atoms with Crippen LogP contribution in [-0.4, -0.2) is 22.1 Å². The summed E-state index contributed by atoms with van der Waals surface area (Å²) < 4.78 is 5.34. The molecule has 7 heteroatoms. The Morgan fingerprint density at radius 1 is 1.09 bits per heavy atom. The molecule has 0 aliphatic rings. The first-order valence-electron chi connectivity index (χ1n) is 6.62. The lowest BCUT2D eigenvalue weighted by molar-refractivity contribution is 0.398. The maximum Gasteiger partial charge on any atom is 0.179 e. The Hall–Kier alpha value is -1.82. The van der Waals surface area contributed by atoms with Crippen molar-refractivity contribution in [3.8, 4) is 17.3 Å². The van der Waals surface area contributed by atoms with Gasteiger partial charge in [-0.1, -0.05) is 41.0 Å². The maximum atomic E-state index is 6.23. The fourth-order valence-corrected chi connectivity index (χ4v) is 3.24. The molecule has 2 heterocycles. The second-order valence-corrected chi connectivity index (χ2v) is 6.33. The molecular formula is C16H11Cl2N3OS. The van der Waals surface area contributed by atoms with Gasteiger partial charge < -0.3 is 4.74 Å². The number of benzene rings is 1. The highest BCUT2D eigenvalue weighted by atomic mass is 35.5. The van der Waals surface area contributed by atoms with Crippen LogP contribution >= 0.6 is 35.0 Å². The number of rotatable bonds is 4. The van der Waals surface area contributed by atoms with E-state index in [1.165, 1.54) is 11.8 Å². The van der Waals surface area contributed by atoms with Gasteiger partial charge in [-0.15, -0.1) is 0 Å². The van der Waals surface area contributed by atoms with Crippen molar-refractivity contribution >= 4 is 35.0 Å². The minimum Gasteiger partial charge on any atom is -0.492 e. The molecule has 4 nitrogen and oxygen atoms in total. The Morgan fingerprint density at radius 3 is 2.65 bits per heavy atom. The number of pyridine rings is 1. The molecule has 0 amide bonds. The summed E-state index contributed by atoms with van der Waals surface area (Å²) in [5.41, 5.74) is 0.694. The third kappa shape index (κ3) is 3.75. The third-order valence-electron chi connectivity index (χ3n) is 2.94. The van der Waals surface area contributed by atoms with Crippen LogP contribution in [0.4, 0.5) is 0 Å². The normalized spacial score (nSPS) is 10.6. The fraction of sp³-hybridized carbons (Fsp3) is 0.0625. The molecule has 0 saturated heterocycles. The molecule has 0 unspecified atom stereocenters. The zero-order valence-electron chi connectivity index (χ0n) is 12.0. The van der Waals surface area contributed by atoms with Crippen LogP contribution in [-0.2, 0) is 0 Å². The Kier molecular flexibility index (Phi) is 5.00. The molecule has 0 fully saturated rings. The third-order valence-corrected chi connectivity index (χ3v) is 4.66. The van der Waals surface area contributed by atoms with Gasteiger partial charge in [0.15, 0.2) is 11.6 Å². The highest BCUT2D eigenvalue weighted by Gasteiger charge is 2.13. The Labute approximate surface area is 147 Å². The predicted octanol–water partition coefficient (Wildman–Crippen LogP) is 5.01. The number of hydrogen-bond donors (Lipinski definition) is 0. The molecule has 116 valence electrons. The largest absolute Gasteiger partial charge is 0.492 e. The SMILES string of the molecule is COc1cnc(-c2ccccn2)nc1Sc1ccc(Cl)cc1Cl. The zero-order chi connectivity index (χ0) is 16.2. The van der Waals surface area contributed by atoms with Crippen molar-refractivity contribution < 1.29 is 4.74 Å². The van der Waals surface area contributed by atoms with Crippen LogP contribution in [0.15, 0.2) is 58.7 Å². The fourth-order valence-electron chi connectivity index (χ4n) is 1.85. The molecule has 0 spiro atoms. The van der Waals surface area contributed by atoms with Gasteiger partial charge in [-0.3, -0.25) is 4.98 Å². The molecule has 0 atom stereocenters. The van der Waals surface area contributed by atoms with E-state index in [4.69, 9.17) is 27.9 Å². The lowest BCUT2D eigenvalue weighted by Crippen LogP contribution is -1.96. The van der Waals surface area contributed by atoms with Gasteiger partial charge in [0.25, 0.3) is 0 Å². The number of hydrogen-bond acceptors (Lipinski definition) is 5. The van der Waals surface area contributed by atoms with Crippen LogP contribution in [0.1, 0.15) is 0 Å². The van der Waals surface area contributed by atoms with Gasteiger partial charge in [-0.05, 0) is 30.3 Å².